The summed E-state index contributed by atoms with van der Waals surface area (Å²) in [6.45, 7) is 3.36. The molecule has 0 aromatic heterocycles. The number of carbonyl (C=O) groups is 2. The Balaban J connectivity index is 1.38. The van der Waals surface area contributed by atoms with Gasteiger partial charge in [0.2, 0.25) is 5.91 Å². The van der Waals surface area contributed by atoms with Gasteiger partial charge in [-0.2, -0.15) is 0 Å². The summed E-state index contributed by atoms with van der Waals surface area (Å²) in [6.07, 6.45) is 3.12. The SMILES string of the molecule is CCOc1ccc(C2CCCN2C(=O)COc2ccc3c(c2)CCC(=O)N3)cc1. The summed E-state index contributed by atoms with van der Waals surface area (Å²) in [4.78, 5) is 26.2. The highest BCUT2D eigenvalue weighted by atomic mass is 16.5. The van der Waals surface area contributed by atoms with Crippen molar-refractivity contribution >= 4 is 17.5 Å². The van der Waals surface area contributed by atoms with Crippen LogP contribution in [-0.4, -0.2) is 36.5 Å². The number of hydrogen-bond donors (Lipinski definition) is 1. The van der Waals surface area contributed by atoms with Crippen molar-refractivity contribution in [3.8, 4) is 11.5 Å². The zero-order valence-electron chi connectivity index (χ0n) is 16.6. The van der Waals surface area contributed by atoms with Gasteiger partial charge in [0.05, 0.1) is 12.6 Å². The van der Waals surface area contributed by atoms with Crippen molar-refractivity contribution in [3.63, 3.8) is 0 Å². The van der Waals surface area contributed by atoms with E-state index in [2.05, 4.69) is 5.32 Å². The Morgan fingerprint density at radius 3 is 2.69 bits per heavy atom. The van der Waals surface area contributed by atoms with Crippen LogP contribution < -0.4 is 14.8 Å². The van der Waals surface area contributed by atoms with E-state index in [-0.39, 0.29) is 24.5 Å². The van der Waals surface area contributed by atoms with Gasteiger partial charge >= 0.3 is 0 Å². The number of benzene rings is 2. The number of amides is 2. The summed E-state index contributed by atoms with van der Waals surface area (Å²) in [5.41, 5.74) is 3.00. The average molecular weight is 394 g/mol. The minimum absolute atomic E-state index is 0.00703. The summed E-state index contributed by atoms with van der Waals surface area (Å²) in [6, 6.07) is 13.6. The Kier molecular flexibility index (Phi) is 5.69. The summed E-state index contributed by atoms with van der Waals surface area (Å²) in [5, 5.41) is 2.85. The van der Waals surface area contributed by atoms with Crippen LogP contribution in [0.3, 0.4) is 0 Å². The molecule has 0 bridgehead atoms. The maximum atomic E-state index is 12.8. The third-order valence-electron chi connectivity index (χ3n) is 5.48. The van der Waals surface area contributed by atoms with Crippen molar-refractivity contribution in [2.45, 2.75) is 38.6 Å². The molecule has 4 rings (SSSR count). The lowest BCUT2D eigenvalue weighted by Crippen LogP contribution is -2.34. The minimum atomic E-state index is -0.00703. The lowest BCUT2D eigenvalue weighted by atomic mass is 10.0. The molecule has 29 heavy (non-hydrogen) atoms. The second-order valence-corrected chi connectivity index (χ2v) is 7.40. The molecular weight excluding hydrogens is 368 g/mol. The largest absolute Gasteiger partial charge is 0.494 e. The number of hydrogen-bond acceptors (Lipinski definition) is 4. The van der Waals surface area contributed by atoms with E-state index in [1.54, 1.807) is 6.07 Å². The maximum absolute atomic E-state index is 12.8. The molecule has 1 fully saturated rings. The number of rotatable bonds is 6. The fourth-order valence-corrected chi connectivity index (χ4v) is 4.04. The van der Waals surface area contributed by atoms with E-state index in [1.807, 2.05) is 48.2 Å². The lowest BCUT2D eigenvalue weighted by molar-refractivity contribution is -0.134. The van der Waals surface area contributed by atoms with Gasteiger partial charge in [-0.1, -0.05) is 12.1 Å². The maximum Gasteiger partial charge on any atom is 0.261 e. The number of aryl methyl sites for hydroxylation is 1. The zero-order valence-corrected chi connectivity index (χ0v) is 16.6. The van der Waals surface area contributed by atoms with Gasteiger partial charge in [-0.25, -0.2) is 0 Å². The van der Waals surface area contributed by atoms with Crippen molar-refractivity contribution in [1.29, 1.82) is 0 Å². The summed E-state index contributed by atoms with van der Waals surface area (Å²) in [5.74, 6) is 1.53. The van der Waals surface area contributed by atoms with Crippen molar-refractivity contribution in [1.82, 2.24) is 4.90 Å². The highest BCUT2D eigenvalue weighted by Crippen LogP contribution is 2.33. The van der Waals surface area contributed by atoms with E-state index in [0.29, 0.717) is 25.2 Å². The molecule has 6 heteroatoms. The highest BCUT2D eigenvalue weighted by molar-refractivity contribution is 5.94. The van der Waals surface area contributed by atoms with Gasteiger partial charge in [-0.3, -0.25) is 9.59 Å². The van der Waals surface area contributed by atoms with Gasteiger partial charge < -0.3 is 19.7 Å². The van der Waals surface area contributed by atoms with E-state index in [1.165, 1.54) is 0 Å². The van der Waals surface area contributed by atoms with E-state index >= 15 is 0 Å². The van der Waals surface area contributed by atoms with Crippen LogP contribution in [0.2, 0.25) is 0 Å². The smallest absolute Gasteiger partial charge is 0.261 e. The first kappa shape index (κ1) is 19.3. The van der Waals surface area contributed by atoms with E-state index in [4.69, 9.17) is 9.47 Å². The van der Waals surface area contributed by atoms with E-state index in [9.17, 15) is 9.59 Å². The van der Waals surface area contributed by atoms with Crippen LogP contribution in [0.4, 0.5) is 5.69 Å². The molecule has 2 aliphatic heterocycles. The predicted molar refractivity (Wildman–Crippen MR) is 110 cm³/mol. The molecule has 2 amide bonds. The molecular formula is C23H26N2O4. The molecule has 1 saturated heterocycles. The van der Waals surface area contributed by atoms with Gasteiger partial charge in [-0.15, -0.1) is 0 Å². The topological polar surface area (TPSA) is 67.9 Å². The number of anilines is 1. The molecule has 0 saturated carbocycles. The first-order chi connectivity index (χ1) is 14.1. The highest BCUT2D eigenvalue weighted by Gasteiger charge is 2.30. The summed E-state index contributed by atoms with van der Waals surface area (Å²) >= 11 is 0. The zero-order chi connectivity index (χ0) is 20.2. The minimum Gasteiger partial charge on any atom is -0.494 e. The number of nitrogens with one attached hydrogen (secondary N) is 1. The van der Waals surface area contributed by atoms with Gasteiger partial charge in [-0.05, 0) is 67.6 Å². The van der Waals surface area contributed by atoms with Crippen LogP contribution in [0, 0.1) is 0 Å². The number of ether oxygens (including phenoxy) is 2. The molecule has 0 radical (unpaired) electrons. The predicted octanol–water partition coefficient (Wildman–Crippen LogP) is 3.71. The molecule has 0 spiro atoms. The third-order valence-corrected chi connectivity index (χ3v) is 5.48. The van der Waals surface area contributed by atoms with Crippen LogP contribution >= 0.6 is 0 Å². The second kappa shape index (κ2) is 8.55. The fraction of sp³-hybridized carbons (Fsp3) is 0.391. The fourth-order valence-electron chi connectivity index (χ4n) is 4.04. The molecule has 1 unspecified atom stereocenters. The normalized spacial score (nSPS) is 18.2. The Bertz CT molecular complexity index is 894. The summed E-state index contributed by atoms with van der Waals surface area (Å²) < 4.78 is 11.3. The van der Waals surface area contributed by atoms with Crippen molar-refractivity contribution in [2.24, 2.45) is 0 Å². The molecule has 152 valence electrons. The summed E-state index contributed by atoms with van der Waals surface area (Å²) in [7, 11) is 0. The van der Waals surface area contributed by atoms with E-state index < -0.39 is 0 Å². The van der Waals surface area contributed by atoms with E-state index in [0.717, 1.165) is 42.0 Å². The molecule has 2 heterocycles. The monoisotopic (exact) mass is 394 g/mol. The first-order valence-corrected chi connectivity index (χ1v) is 10.2. The van der Waals surface area contributed by atoms with Gasteiger partial charge in [0.25, 0.3) is 5.91 Å². The molecule has 1 atom stereocenters. The standard InChI is InChI=1S/C23H26N2O4/c1-2-28-18-8-5-16(6-9-18)21-4-3-13-25(21)23(27)15-29-19-10-11-20-17(14-19)7-12-22(26)24-20/h5-6,8-11,14,21H,2-4,7,12-13,15H2,1H3,(H,24,26). The Morgan fingerprint density at radius 2 is 1.90 bits per heavy atom. The number of nitrogens with zero attached hydrogens (tertiary/aromatic N) is 1. The number of fused-ring (bicyclic) bond motifs is 1. The molecule has 1 N–H and O–H groups in total. The van der Waals surface area contributed by atoms with Crippen LogP contribution in [-0.2, 0) is 16.0 Å². The van der Waals surface area contributed by atoms with Crippen LogP contribution in [0.15, 0.2) is 42.5 Å². The molecule has 0 aliphatic carbocycles. The number of likely N-dealkylation sites (tertiary alicyclic amines) is 1. The van der Waals surface area contributed by atoms with Crippen LogP contribution in [0.1, 0.15) is 43.4 Å². The third kappa shape index (κ3) is 4.36. The van der Waals surface area contributed by atoms with Crippen molar-refractivity contribution in [2.75, 3.05) is 25.1 Å². The van der Waals surface area contributed by atoms with Crippen LogP contribution in [0.5, 0.6) is 11.5 Å². The Labute approximate surface area is 170 Å². The molecule has 2 aromatic carbocycles. The van der Waals surface area contributed by atoms with Crippen molar-refractivity contribution in [3.05, 3.63) is 53.6 Å². The van der Waals surface area contributed by atoms with Gasteiger partial charge in [0, 0.05) is 18.7 Å². The Morgan fingerprint density at radius 1 is 1.10 bits per heavy atom. The Hall–Kier alpha value is -3.02. The van der Waals surface area contributed by atoms with Crippen LogP contribution in [0.25, 0.3) is 0 Å². The molecule has 2 aliphatic rings. The quantitative estimate of drug-likeness (QED) is 0.811. The van der Waals surface area contributed by atoms with Gasteiger partial charge in [0.1, 0.15) is 11.5 Å². The second-order valence-electron chi connectivity index (χ2n) is 7.40. The molecule has 6 nitrogen and oxygen atoms in total. The first-order valence-electron chi connectivity index (χ1n) is 10.2. The average Bonchev–Trinajstić information content (AvgIpc) is 3.23. The number of carbonyl (C=O) groups excluding carboxylic acids is 2. The van der Waals surface area contributed by atoms with Crippen molar-refractivity contribution < 1.29 is 19.1 Å². The lowest BCUT2D eigenvalue weighted by Gasteiger charge is -2.25. The molecule has 2 aromatic rings. The van der Waals surface area contributed by atoms with Gasteiger partial charge in [0.15, 0.2) is 6.61 Å².